The van der Waals surface area contributed by atoms with Crippen LogP contribution in [0.3, 0.4) is 0 Å². The molecule has 6 heteroatoms. The summed E-state index contributed by atoms with van der Waals surface area (Å²) in [5.41, 5.74) is 5.26. The predicted octanol–water partition coefficient (Wildman–Crippen LogP) is 0.547. The van der Waals surface area contributed by atoms with Gasteiger partial charge in [0.05, 0.1) is 4.90 Å². The van der Waals surface area contributed by atoms with Crippen molar-refractivity contribution in [1.82, 2.24) is 4.31 Å². The fourth-order valence-corrected chi connectivity index (χ4v) is 3.45. The van der Waals surface area contributed by atoms with Gasteiger partial charge in [-0.15, -0.1) is 0 Å². The number of sulfonamides is 1. The zero-order chi connectivity index (χ0) is 12.0. The molecule has 2 rings (SSSR count). The lowest BCUT2D eigenvalue weighted by molar-refractivity contribution is 0.176. The molecule has 0 aliphatic carbocycles. The molecule has 0 bridgehead atoms. The van der Waals surface area contributed by atoms with Crippen molar-refractivity contribution in [2.45, 2.75) is 17.4 Å². The third kappa shape index (κ3) is 1.95. The van der Waals surface area contributed by atoms with Gasteiger partial charge in [0.15, 0.2) is 0 Å². The lowest BCUT2D eigenvalue weighted by atomic mass is 9.97. The van der Waals surface area contributed by atoms with Gasteiger partial charge in [0.2, 0.25) is 10.0 Å². The first-order valence-electron chi connectivity index (χ1n) is 4.86. The van der Waals surface area contributed by atoms with Gasteiger partial charge in [-0.25, -0.2) is 12.8 Å². The first kappa shape index (κ1) is 11.5. The minimum absolute atomic E-state index is 0.0250. The summed E-state index contributed by atoms with van der Waals surface area (Å²) in [6.07, 6.45) is 0. The Hall–Kier alpha value is -0.980. The molecule has 2 N–H and O–H groups in total. The maximum absolute atomic E-state index is 12.9. The molecule has 1 aromatic carbocycles. The van der Waals surface area contributed by atoms with E-state index in [9.17, 15) is 12.8 Å². The zero-order valence-corrected chi connectivity index (χ0v) is 9.67. The van der Waals surface area contributed by atoms with Gasteiger partial charge in [0, 0.05) is 18.6 Å². The number of nitrogens with zero attached hydrogens (tertiary/aromatic N) is 1. The van der Waals surface area contributed by atoms with E-state index < -0.39 is 21.4 Å². The van der Waals surface area contributed by atoms with Crippen LogP contribution < -0.4 is 5.73 Å². The molecule has 0 unspecified atom stereocenters. The molecule has 0 radical (unpaired) electrons. The van der Waals surface area contributed by atoms with E-state index in [1.807, 2.05) is 0 Å². The Bertz CT molecular complexity index is 505. The summed E-state index contributed by atoms with van der Waals surface area (Å²) in [6, 6.07) is 4.98. The normalized spacial score (nSPS) is 20.4. The number of nitrogens with two attached hydrogens (primary N) is 1. The van der Waals surface area contributed by atoms with Gasteiger partial charge in [0.25, 0.3) is 0 Å². The molecular formula is C10H13FN2O2S. The molecule has 1 aliphatic rings. The van der Waals surface area contributed by atoms with Crippen molar-refractivity contribution in [1.29, 1.82) is 0 Å². The van der Waals surface area contributed by atoms with Gasteiger partial charge in [0.1, 0.15) is 5.82 Å². The highest BCUT2D eigenvalue weighted by Gasteiger charge is 2.42. The quantitative estimate of drug-likeness (QED) is 0.826. The Balaban J connectivity index is 2.28. The average molecular weight is 244 g/mol. The number of rotatable bonds is 2. The van der Waals surface area contributed by atoms with Crippen molar-refractivity contribution in [3.8, 4) is 0 Å². The fourth-order valence-electron chi connectivity index (χ4n) is 1.71. The summed E-state index contributed by atoms with van der Waals surface area (Å²) in [7, 11) is -3.58. The molecule has 1 aromatic rings. The summed E-state index contributed by atoms with van der Waals surface area (Å²) < 4.78 is 38.1. The molecule has 4 nitrogen and oxygen atoms in total. The highest BCUT2D eigenvalue weighted by molar-refractivity contribution is 7.89. The van der Waals surface area contributed by atoms with Crippen LogP contribution in [-0.2, 0) is 10.0 Å². The maximum atomic E-state index is 12.9. The smallest absolute Gasteiger partial charge is 0.243 e. The van der Waals surface area contributed by atoms with E-state index in [1.165, 1.54) is 22.5 Å². The van der Waals surface area contributed by atoms with Gasteiger partial charge in [-0.1, -0.05) is 6.07 Å². The standard InChI is InChI=1S/C10H13FN2O2S/c1-10(12)6-13(7-10)16(14,15)9-4-2-3-8(11)5-9/h2-5H,6-7,12H2,1H3. The van der Waals surface area contributed by atoms with Crippen LogP contribution >= 0.6 is 0 Å². The molecule has 16 heavy (non-hydrogen) atoms. The molecule has 0 atom stereocenters. The predicted molar refractivity (Wildman–Crippen MR) is 57.8 cm³/mol. The van der Waals surface area contributed by atoms with Crippen LogP contribution in [0.5, 0.6) is 0 Å². The topological polar surface area (TPSA) is 63.4 Å². The molecule has 0 saturated carbocycles. The van der Waals surface area contributed by atoms with E-state index in [-0.39, 0.29) is 18.0 Å². The Morgan fingerprint density at radius 2 is 2.06 bits per heavy atom. The van der Waals surface area contributed by atoms with E-state index in [2.05, 4.69) is 0 Å². The number of hydrogen-bond acceptors (Lipinski definition) is 3. The van der Waals surface area contributed by atoms with Crippen LogP contribution in [0.2, 0.25) is 0 Å². The van der Waals surface area contributed by atoms with E-state index in [0.717, 1.165) is 6.07 Å². The number of hydrogen-bond donors (Lipinski definition) is 1. The van der Waals surface area contributed by atoms with Crippen molar-refractivity contribution in [3.63, 3.8) is 0 Å². The summed E-state index contributed by atoms with van der Waals surface area (Å²) in [4.78, 5) is -0.0250. The van der Waals surface area contributed by atoms with Crippen LogP contribution in [0, 0.1) is 5.82 Å². The van der Waals surface area contributed by atoms with Gasteiger partial charge in [-0.3, -0.25) is 0 Å². The van der Waals surface area contributed by atoms with Crippen molar-refractivity contribution in [2.24, 2.45) is 5.73 Å². The molecule has 0 spiro atoms. The van der Waals surface area contributed by atoms with Crippen LogP contribution in [0.1, 0.15) is 6.92 Å². The van der Waals surface area contributed by atoms with Crippen LogP contribution in [0.4, 0.5) is 4.39 Å². The van der Waals surface area contributed by atoms with E-state index in [4.69, 9.17) is 5.73 Å². The monoisotopic (exact) mass is 244 g/mol. The number of halogens is 1. The summed E-state index contributed by atoms with van der Waals surface area (Å²) >= 11 is 0. The molecule has 0 amide bonds. The second-order valence-corrected chi connectivity index (χ2v) is 6.32. The Kier molecular flexibility index (Phi) is 2.52. The van der Waals surface area contributed by atoms with Gasteiger partial charge < -0.3 is 5.73 Å². The van der Waals surface area contributed by atoms with Crippen molar-refractivity contribution in [3.05, 3.63) is 30.1 Å². The lowest BCUT2D eigenvalue weighted by Gasteiger charge is -2.44. The summed E-state index contributed by atoms with van der Waals surface area (Å²) in [5, 5.41) is 0. The van der Waals surface area contributed by atoms with Crippen molar-refractivity contribution >= 4 is 10.0 Å². The minimum atomic E-state index is -3.58. The Morgan fingerprint density at radius 3 is 2.56 bits per heavy atom. The fraction of sp³-hybridized carbons (Fsp3) is 0.400. The Labute approximate surface area is 93.9 Å². The summed E-state index contributed by atoms with van der Waals surface area (Å²) in [6.45, 7) is 2.32. The third-order valence-corrected chi connectivity index (χ3v) is 4.30. The minimum Gasteiger partial charge on any atom is -0.323 e. The first-order valence-corrected chi connectivity index (χ1v) is 6.30. The summed E-state index contributed by atoms with van der Waals surface area (Å²) in [5.74, 6) is -0.558. The lowest BCUT2D eigenvalue weighted by Crippen LogP contribution is -2.66. The van der Waals surface area contributed by atoms with E-state index in [1.54, 1.807) is 6.92 Å². The molecule has 1 saturated heterocycles. The van der Waals surface area contributed by atoms with Crippen molar-refractivity contribution < 1.29 is 12.8 Å². The highest BCUT2D eigenvalue weighted by Crippen LogP contribution is 2.26. The Morgan fingerprint density at radius 1 is 1.44 bits per heavy atom. The second kappa shape index (κ2) is 3.51. The first-order chi connectivity index (χ1) is 7.31. The SMILES string of the molecule is CC1(N)CN(S(=O)(=O)c2cccc(F)c2)C1. The van der Waals surface area contributed by atoms with Crippen LogP contribution in [-0.4, -0.2) is 31.4 Å². The molecule has 1 aliphatic heterocycles. The van der Waals surface area contributed by atoms with Gasteiger partial charge >= 0.3 is 0 Å². The van der Waals surface area contributed by atoms with Crippen LogP contribution in [0.15, 0.2) is 29.2 Å². The van der Waals surface area contributed by atoms with E-state index >= 15 is 0 Å². The second-order valence-electron chi connectivity index (χ2n) is 4.38. The van der Waals surface area contributed by atoms with E-state index in [0.29, 0.717) is 0 Å². The molecule has 88 valence electrons. The molecule has 1 heterocycles. The molecular weight excluding hydrogens is 231 g/mol. The van der Waals surface area contributed by atoms with Crippen molar-refractivity contribution in [2.75, 3.05) is 13.1 Å². The van der Waals surface area contributed by atoms with Gasteiger partial charge in [-0.05, 0) is 25.1 Å². The third-order valence-electron chi connectivity index (χ3n) is 2.51. The zero-order valence-electron chi connectivity index (χ0n) is 8.85. The van der Waals surface area contributed by atoms with Crippen LogP contribution in [0.25, 0.3) is 0 Å². The largest absolute Gasteiger partial charge is 0.323 e. The molecule has 0 aromatic heterocycles. The molecule has 1 fully saturated rings. The number of benzene rings is 1. The highest BCUT2D eigenvalue weighted by atomic mass is 32.2. The van der Waals surface area contributed by atoms with Gasteiger partial charge in [-0.2, -0.15) is 4.31 Å². The average Bonchev–Trinajstić information content (AvgIpc) is 2.14. The maximum Gasteiger partial charge on any atom is 0.243 e.